The Morgan fingerprint density at radius 2 is 2.14 bits per heavy atom. The number of hydrogen-bond donors (Lipinski definition) is 0. The molecule has 0 N–H and O–H groups in total. The van der Waals surface area contributed by atoms with Gasteiger partial charge < -0.3 is 4.74 Å². The first-order valence-corrected chi connectivity index (χ1v) is 6.50. The zero-order chi connectivity index (χ0) is 10.1. The Morgan fingerprint density at radius 3 is 2.71 bits per heavy atom. The lowest BCUT2D eigenvalue weighted by Crippen LogP contribution is -2.53. The second-order valence-electron chi connectivity index (χ2n) is 4.30. The van der Waals surface area contributed by atoms with Gasteiger partial charge in [0.15, 0.2) is 0 Å². The summed E-state index contributed by atoms with van der Waals surface area (Å²) in [5.41, 5.74) is 0. The number of halogens is 2. The topological polar surface area (TPSA) is 12.5 Å². The van der Waals surface area contributed by atoms with Gasteiger partial charge in [-0.15, -0.1) is 0 Å². The molecule has 0 bridgehead atoms. The number of piperidine rings is 1. The van der Waals surface area contributed by atoms with Gasteiger partial charge in [0.05, 0.1) is 6.10 Å². The average Bonchev–Trinajstić information content (AvgIpc) is 2.09. The summed E-state index contributed by atoms with van der Waals surface area (Å²) in [6.07, 6.45) is 2.97. The fourth-order valence-electron chi connectivity index (χ4n) is 2.26. The lowest BCUT2D eigenvalue weighted by molar-refractivity contribution is -0.0397. The second-order valence-corrected chi connectivity index (χ2v) is 5.90. The van der Waals surface area contributed by atoms with Crippen molar-refractivity contribution >= 4 is 22.6 Å². The highest BCUT2D eigenvalue weighted by Gasteiger charge is 2.37. The van der Waals surface area contributed by atoms with Gasteiger partial charge in [-0.1, -0.05) is 22.6 Å². The highest BCUT2D eigenvalue weighted by Crippen LogP contribution is 2.31. The molecule has 0 amide bonds. The maximum atomic E-state index is 13.4. The van der Waals surface area contributed by atoms with Crippen LogP contribution < -0.4 is 0 Å². The lowest BCUT2D eigenvalue weighted by atomic mass is 9.86. The molecular formula is C10H17FINO. The largest absolute Gasteiger partial charge is 0.381 e. The molecule has 2 fully saturated rings. The Bertz CT molecular complexity index is 199. The molecule has 82 valence electrons. The molecule has 0 spiro atoms. The molecular weight excluding hydrogens is 296 g/mol. The summed E-state index contributed by atoms with van der Waals surface area (Å²) in [5.74, 6) is 0. The van der Waals surface area contributed by atoms with Crippen LogP contribution in [-0.2, 0) is 4.74 Å². The molecule has 2 rings (SSSR count). The molecule has 1 saturated carbocycles. The van der Waals surface area contributed by atoms with Gasteiger partial charge in [-0.05, 0) is 25.8 Å². The highest BCUT2D eigenvalue weighted by molar-refractivity contribution is 14.1. The molecule has 1 aliphatic heterocycles. The van der Waals surface area contributed by atoms with Crippen molar-refractivity contribution in [1.82, 2.24) is 4.90 Å². The molecule has 1 aliphatic carbocycles. The SMILES string of the molecule is COC1CC(N2CC[C@H](I)[C@H](F)C2)C1. The molecule has 2 atom stereocenters. The summed E-state index contributed by atoms with van der Waals surface area (Å²) >= 11 is 2.23. The van der Waals surface area contributed by atoms with Gasteiger partial charge in [0.1, 0.15) is 6.17 Å². The van der Waals surface area contributed by atoms with Crippen LogP contribution in [0, 0.1) is 0 Å². The van der Waals surface area contributed by atoms with Crippen LogP contribution in [-0.4, -0.2) is 47.3 Å². The van der Waals surface area contributed by atoms with Crippen molar-refractivity contribution < 1.29 is 9.13 Å². The fraction of sp³-hybridized carbons (Fsp3) is 1.00. The van der Waals surface area contributed by atoms with E-state index in [9.17, 15) is 4.39 Å². The van der Waals surface area contributed by atoms with E-state index in [-0.39, 0.29) is 3.92 Å². The average molecular weight is 313 g/mol. The van der Waals surface area contributed by atoms with E-state index in [0.29, 0.717) is 18.7 Å². The minimum Gasteiger partial charge on any atom is -0.381 e. The molecule has 4 heteroatoms. The Balaban J connectivity index is 1.78. The number of hydrogen-bond acceptors (Lipinski definition) is 2. The van der Waals surface area contributed by atoms with Crippen molar-refractivity contribution in [2.24, 2.45) is 0 Å². The Hall–Kier alpha value is 0.580. The Labute approximate surface area is 98.3 Å². The van der Waals surface area contributed by atoms with Gasteiger partial charge in [-0.3, -0.25) is 4.90 Å². The summed E-state index contributed by atoms with van der Waals surface area (Å²) in [4.78, 5) is 2.30. The first-order chi connectivity index (χ1) is 6.70. The van der Waals surface area contributed by atoms with E-state index in [2.05, 4.69) is 27.5 Å². The standard InChI is InChI=1S/C10H17FINO/c1-14-8-4-7(5-8)13-3-2-10(12)9(11)6-13/h7-10H,2-6H2,1H3/t7?,8?,9-,10+/m1/s1. The molecule has 0 radical (unpaired) electrons. The number of ether oxygens (including phenoxy) is 1. The van der Waals surface area contributed by atoms with Gasteiger partial charge in [0, 0.05) is 23.6 Å². The number of rotatable bonds is 2. The minimum atomic E-state index is -0.633. The molecule has 0 aromatic rings. The van der Waals surface area contributed by atoms with Crippen LogP contribution in [0.5, 0.6) is 0 Å². The van der Waals surface area contributed by atoms with Gasteiger partial charge in [-0.25, -0.2) is 4.39 Å². The minimum absolute atomic E-state index is 0.224. The van der Waals surface area contributed by atoms with E-state index in [0.717, 1.165) is 25.8 Å². The third-order valence-corrected chi connectivity index (χ3v) is 4.82. The van der Waals surface area contributed by atoms with Crippen LogP contribution >= 0.6 is 22.6 Å². The Kier molecular flexibility index (Phi) is 3.65. The number of likely N-dealkylation sites (tertiary alicyclic amines) is 1. The van der Waals surface area contributed by atoms with E-state index in [4.69, 9.17) is 4.74 Å². The summed E-state index contributed by atoms with van der Waals surface area (Å²) in [7, 11) is 1.76. The van der Waals surface area contributed by atoms with Crippen molar-refractivity contribution in [2.45, 2.75) is 41.5 Å². The van der Waals surface area contributed by atoms with Gasteiger partial charge >= 0.3 is 0 Å². The molecule has 0 aromatic heterocycles. The van der Waals surface area contributed by atoms with Crippen LogP contribution in [0.3, 0.4) is 0 Å². The first-order valence-electron chi connectivity index (χ1n) is 5.25. The van der Waals surface area contributed by atoms with Crippen molar-refractivity contribution in [3.63, 3.8) is 0 Å². The van der Waals surface area contributed by atoms with Crippen LogP contribution in [0.4, 0.5) is 4.39 Å². The van der Waals surface area contributed by atoms with Crippen molar-refractivity contribution in [2.75, 3.05) is 20.2 Å². The molecule has 14 heavy (non-hydrogen) atoms. The van der Waals surface area contributed by atoms with Crippen molar-refractivity contribution in [3.05, 3.63) is 0 Å². The van der Waals surface area contributed by atoms with Gasteiger partial charge in [0.2, 0.25) is 0 Å². The third-order valence-electron chi connectivity index (χ3n) is 3.41. The zero-order valence-corrected chi connectivity index (χ0v) is 10.6. The van der Waals surface area contributed by atoms with E-state index in [1.165, 1.54) is 0 Å². The molecule has 0 unspecified atom stereocenters. The van der Waals surface area contributed by atoms with E-state index in [1.54, 1.807) is 7.11 Å². The van der Waals surface area contributed by atoms with E-state index in [1.807, 2.05) is 0 Å². The first kappa shape index (κ1) is 11.1. The Morgan fingerprint density at radius 1 is 1.43 bits per heavy atom. The smallest absolute Gasteiger partial charge is 0.124 e. The van der Waals surface area contributed by atoms with Gasteiger partial charge in [0.25, 0.3) is 0 Å². The molecule has 2 nitrogen and oxygen atoms in total. The summed E-state index contributed by atoms with van der Waals surface area (Å²) in [6.45, 7) is 1.70. The molecule has 1 heterocycles. The number of alkyl halides is 2. The monoisotopic (exact) mass is 313 g/mol. The van der Waals surface area contributed by atoms with Crippen LogP contribution in [0.1, 0.15) is 19.3 Å². The van der Waals surface area contributed by atoms with E-state index >= 15 is 0 Å². The molecule has 2 aliphatic rings. The quantitative estimate of drug-likeness (QED) is 0.571. The van der Waals surface area contributed by atoms with Crippen molar-refractivity contribution in [1.29, 1.82) is 0 Å². The van der Waals surface area contributed by atoms with Crippen molar-refractivity contribution in [3.8, 4) is 0 Å². The maximum Gasteiger partial charge on any atom is 0.124 e. The van der Waals surface area contributed by atoms with Crippen LogP contribution in [0.25, 0.3) is 0 Å². The predicted molar refractivity (Wildman–Crippen MR) is 62.7 cm³/mol. The van der Waals surface area contributed by atoms with E-state index < -0.39 is 6.17 Å². The second kappa shape index (κ2) is 4.61. The third kappa shape index (κ3) is 2.22. The number of nitrogens with zero attached hydrogens (tertiary/aromatic N) is 1. The molecule has 0 aromatic carbocycles. The van der Waals surface area contributed by atoms with Gasteiger partial charge in [-0.2, -0.15) is 0 Å². The normalized spacial score (nSPS) is 44.8. The predicted octanol–water partition coefficient (Wildman–Crippen LogP) is 2.01. The maximum absolute atomic E-state index is 13.4. The lowest BCUT2D eigenvalue weighted by Gasteiger charge is -2.45. The highest BCUT2D eigenvalue weighted by atomic mass is 127. The molecule has 1 saturated heterocycles. The number of methoxy groups -OCH3 is 1. The summed E-state index contributed by atoms with van der Waals surface area (Å²) < 4.78 is 18.9. The summed E-state index contributed by atoms with van der Waals surface area (Å²) in [5, 5.41) is 0. The summed E-state index contributed by atoms with van der Waals surface area (Å²) in [6, 6.07) is 0.585. The van der Waals surface area contributed by atoms with Crippen LogP contribution in [0.15, 0.2) is 0 Å². The van der Waals surface area contributed by atoms with Crippen LogP contribution in [0.2, 0.25) is 0 Å². The fourth-order valence-corrected chi connectivity index (χ4v) is 2.77. The zero-order valence-electron chi connectivity index (χ0n) is 8.46.